The van der Waals surface area contributed by atoms with E-state index in [-0.39, 0.29) is 0 Å². The number of hydrogen-bond acceptors (Lipinski definition) is 4. The van der Waals surface area contributed by atoms with Gasteiger partial charge in [-0.05, 0) is 30.7 Å². The van der Waals surface area contributed by atoms with Crippen LogP contribution in [0, 0.1) is 0 Å². The second-order valence-electron chi connectivity index (χ2n) is 5.76. The molecule has 0 fully saturated rings. The highest BCUT2D eigenvalue weighted by molar-refractivity contribution is 6.30. The predicted molar refractivity (Wildman–Crippen MR) is 97.4 cm³/mol. The zero-order chi connectivity index (χ0) is 17.2. The van der Waals surface area contributed by atoms with Crippen molar-refractivity contribution in [2.24, 2.45) is 0 Å². The molecule has 0 spiro atoms. The molecular formula is C18H17ClN6. The van der Waals surface area contributed by atoms with Crippen molar-refractivity contribution < 1.29 is 0 Å². The Morgan fingerprint density at radius 3 is 2.84 bits per heavy atom. The van der Waals surface area contributed by atoms with Gasteiger partial charge in [0, 0.05) is 36.4 Å². The van der Waals surface area contributed by atoms with Crippen LogP contribution < -0.4 is 0 Å². The van der Waals surface area contributed by atoms with Crippen molar-refractivity contribution in [3.05, 3.63) is 59.9 Å². The van der Waals surface area contributed by atoms with Crippen molar-refractivity contribution in [3.63, 3.8) is 0 Å². The van der Waals surface area contributed by atoms with Crippen molar-refractivity contribution in [3.8, 4) is 11.5 Å². The predicted octanol–water partition coefficient (Wildman–Crippen LogP) is 3.80. The number of fused-ring (bicyclic) bond motifs is 1. The third kappa shape index (κ3) is 3.00. The third-order valence-electron chi connectivity index (χ3n) is 4.01. The number of imidazole rings is 2. The lowest BCUT2D eigenvalue weighted by Crippen LogP contribution is -2.10. The first kappa shape index (κ1) is 15.8. The molecule has 4 aromatic heterocycles. The minimum Gasteiger partial charge on any atom is -0.322 e. The normalized spacial score (nSPS) is 11.3. The van der Waals surface area contributed by atoms with Crippen LogP contribution in [0.15, 0.2) is 49.1 Å². The van der Waals surface area contributed by atoms with Gasteiger partial charge < -0.3 is 9.13 Å². The largest absolute Gasteiger partial charge is 0.322 e. The number of aryl methyl sites for hydroxylation is 1. The molecule has 0 aromatic carbocycles. The van der Waals surface area contributed by atoms with Gasteiger partial charge in [0.2, 0.25) is 0 Å². The first-order chi connectivity index (χ1) is 12.3. The zero-order valence-electron chi connectivity index (χ0n) is 13.8. The lowest BCUT2D eigenvalue weighted by Gasteiger charge is -2.10. The number of nitrogens with zero attached hydrogens (tertiary/aromatic N) is 6. The molecule has 0 saturated carbocycles. The van der Waals surface area contributed by atoms with Crippen LogP contribution in [0.1, 0.15) is 19.2 Å². The summed E-state index contributed by atoms with van der Waals surface area (Å²) in [5, 5.41) is 0.641. The van der Waals surface area contributed by atoms with Crippen molar-refractivity contribution >= 4 is 22.8 Å². The van der Waals surface area contributed by atoms with Gasteiger partial charge >= 0.3 is 0 Å². The van der Waals surface area contributed by atoms with Crippen LogP contribution in [0.3, 0.4) is 0 Å². The lowest BCUT2D eigenvalue weighted by atomic mass is 10.3. The molecule has 4 aromatic rings. The fraction of sp³-hybridized carbons (Fsp3) is 0.222. The molecule has 0 aliphatic carbocycles. The summed E-state index contributed by atoms with van der Waals surface area (Å²) in [6, 6.07) is 7.47. The molecule has 6 nitrogen and oxygen atoms in total. The van der Waals surface area contributed by atoms with Crippen LogP contribution in [-0.4, -0.2) is 29.1 Å². The minimum atomic E-state index is 0.597. The molecule has 7 heteroatoms. The molecule has 0 aliphatic rings. The molecule has 0 atom stereocenters. The number of aromatic nitrogens is 6. The summed E-state index contributed by atoms with van der Waals surface area (Å²) in [6.45, 7) is 3.62. The zero-order valence-corrected chi connectivity index (χ0v) is 14.6. The van der Waals surface area contributed by atoms with Crippen LogP contribution >= 0.6 is 11.6 Å². The maximum atomic E-state index is 6.09. The Bertz CT molecular complexity index is 1020. The van der Waals surface area contributed by atoms with Gasteiger partial charge in [-0.3, -0.25) is 4.98 Å². The third-order valence-corrected chi connectivity index (χ3v) is 4.24. The number of hydrogen-bond donors (Lipinski definition) is 0. The Morgan fingerprint density at radius 2 is 2.00 bits per heavy atom. The monoisotopic (exact) mass is 352 g/mol. The summed E-state index contributed by atoms with van der Waals surface area (Å²) in [7, 11) is 0. The molecule has 25 heavy (non-hydrogen) atoms. The van der Waals surface area contributed by atoms with Gasteiger partial charge in [0.1, 0.15) is 17.0 Å². The average Bonchev–Trinajstić information content (AvgIpc) is 3.21. The van der Waals surface area contributed by atoms with Crippen LogP contribution in [0.5, 0.6) is 0 Å². The summed E-state index contributed by atoms with van der Waals surface area (Å²) in [4.78, 5) is 18.1. The van der Waals surface area contributed by atoms with Gasteiger partial charge in [-0.2, -0.15) is 0 Å². The van der Waals surface area contributed by atoms with Crippen LogP contribution in [0.2, 0.25) is 5.02 Å². The van der Waals surface area contributed by atoms with Crippen LogP contribution in [-0.2, 0) is 13.1 Å². The SMILES string of the molecule is CCCn1c(Cn2ccnc2-c2cc(Cl)ccn2)nc2cccnc21. The summed E-state index contributed by atoms with van der Waals surface area (Å²) >= 11 is 6.09. The van der Waals surface area contributed by atoms with Gasteiger partial charge in [0.25, 0.3) is 0 Å². The molecule has 0 N–H and O–H groups in total. The molecule has 0 bridgehead atoms. The number of halogens is 1. The minimum absolute atomic E-state index is 0.597. The van der Waals surface area contributed by atoms with Gasteiger partial charge in [-0.25, -0.2) is 15.0 Å². The van der Waals surface area contributed by atoms with E-state index in [2.05, 4.69) is 26.4 Å². The quantitative estimate of drug-likeness (QED) is 0.548. The highest BCUT2D eigenvalue weighted by Crippen LogP contribution is 2.21. The smallest absolute Gasteiger partial charge is 0.160 e. The molecule has 0 amide bonds. The van der Waals surface area contributed by atoms with E-state index in [0.29, 0.717) is 11.6 Å². The first-order valence-electron chi connectivity index (χ1n) is 8.19. The fourth-order valence-electron chi connectivity index (χ4n) is 2.93. The molecule has 0 saturated heterocycles. The van der Waals surface area contributed by atoms with E-state index in [9.17, 15) is 0 Å². The maximum absolute atomic E-state index is 6.09. The van der Waals surface area contributed by atoms with Crippen molar-refractivity contribution in [1.82, 2.24) is 29.1 Å². The summed E-state index contributed by atoms with van der Waals surface area (Å²) in [5.41, 5.74) is 2.57. The molecule has 0 aliphatic heterocycles. The first-order valence-corrected chi connectivity index (χ1v) is 8.57. The Hall–Kier alpha value is -2.73. The Balaban J connectivity index is 1.76. The van der Waals surface area contributed by atoms with E-state index >= 15 is 0 Å². The average molecular weight is 353 g/mol. The summed E-state index contributed by atoms with van der Waals surface area (Å²) in [6.07, 6.45) is 8.21. The van der Waals surface area contributed by atoms with Gasteiger partial charge in [0.15, 0.2) is 11.5 Å². The molecule has 126 valence electrons. The van der Waals surface area contributed by atoms with Gasteiger partial charge in [-0.15, -0.1) is 0 Å². The number of pyridine rings is 2. The molecule has 0 unspecified atom stereocenters. The van der Waals surface area contributed by atoms with Crippen molar-refractivity contribution in [1.29, 1.82) is 0 Å². The van der Waals surface area contributed by atoms with E-state index in [1.165, 1.54) is 0 Å². The highest BCUT2D eigenvalue weighted by atomic mass is 35.5. The topological polar surface area (TPSA) is 61.4 Å². The van der Waals surface area contributed by atoms with E-state index < -0.39 is 0 Å². The molecule has 4 rings (SSSR count). The van der Waals surface area contributed by atoms with E-state index in [4.69, 9.17) is 16.6 Å². The lowest BCUT2D eigenvalue weighted by molar-refractivity contribution is 0.623. The summed E-state index contributed by atoms with van der Waals surface area (Å²) in [5.74, 6) is 1.72. The molecule has 4 heterocycles. The standard InChI is InChI=1S/C18H17ClN6/c1-2-9-25-16(23-14-4-3-6-21-18(14)25)12-24-10-8-22-17(24)15-11-13(19)5-7-20-15/h3-8,10-11H,2,9,12H2,1H3. The van der Waals surface area contributed by atoms with E-state index in [1.807, 2.05) is 29.0 Å². The van der Waals surface area contributed by atoms with Crippen LogP contribution in [0.25, 0.3) is 22.7 Å². The van der Waals surface area contributed by atoms with Crippen molar-refractivity contribution in [2.45, 2.75) is 26.4 Å². The van der Waals surface area contributed by atoms with Gasteiger partial charge in [0.05, 0.1) is 6.54 Å². The van der Waals surface area contributed by atoms with Crippen LogP contribution in [0.4, 0.5) is 0 Å². The Morgan fingerprint density at radius 1 is 1.08 bits per heavy atom. The molecule has 0 radical (unpaired) electrons. The van der Waals surface area contributed by atoms with E-state index in [1.54, 1.807) is 24.7 Å². The highest BCUT2D eigenvalue weighted by Gasteiger charge is 2.14. The Labute approximate surface area is 150 Å². The molecular weight excluding hydrogens is 336 g/mol. The summed E-state index contributed by atoms with van der Waals surface area (Å²) < 4.78 is 4.20. The second-order valence-corrected chi connectivity index (χ2v) is 6.20. The fourth-order valence-corrected chi connectivity index (χ4v) is 3.09. The van der Waals surface area contributed by atoms with Gasteiger partial charge in [-0.1, -0.05) is 18.5 Å². The maximum Gasteiger partial charge on any atom is 0.160 e. The van der Waals surface area contributed by atoms with Crippen molar-refractivity contribution in [2.75, 3.05) is 0 Å². The number of rotatable bonds is 5. The van der Waals surface area contributed by atoms with E-state index in [0.717, 1.165) is 41.5 Å². The second kappa shape index (κ2) is 6.64. The Kier molecular flexibility index (Phi) is 4.19.